The number of piperazine rings is 1. The van der Waals surface area contributed by atoms with Gasteiger partial charge in [0.15, 0.2) is 0 Å². The maximum atomic E-state index is 14.1. The molecule has 0 atom stereocenters. The zero-order valence-electron chi connectivity index (χ0n) is 20.4. The molecule has 1 aromatic carbocycles. The lowest BCUT2D eigenvalue weighted by Gasteiger charge is -2.37. The number of rotatable bonds is 5. The normalized spacial score (nSPS) is 14.3. The summed E-state index contributed by atoms with van der Waals surface area (Å²) in [7, 11) is 0. The summed E-state index contributed by atoms with van der Waals surface area (Å²) in [5, 5.41) is 6.90. The third-order valence-corrected chi connectivity index (χ3v) is 6.14. The molecule has 10 nitrogen and oxygen atoms in total. The van der Waals surface area contributed by atoms with Crippen LogP contribution >= 0.6 is 0 Å². The number of hydrogen-bond acceptors (Lipinski definition) is 6. The molecule has 1 fully saturated rings. The summed E-state index contributed by atoms with van der Waals surface area (Å²) in [6, 6.07) is 7.65. The summed E-state index contributed by atoms with van der Waals surface area (Å²) in [4.78, 5) is 32.6. The molecule has 1 aliphatic heterocycles. The van der Waals surface area contributed by atoms with E-state index in [9.17, 15) is 35.9 Å². The van der Waals surface area contributed by atoms with Crippen LogP contribution in [0.15, 0.2) is 53.2 Å². The van der Waals surface area contributed by atoms with Gasteiger partial charge in [0, 0.05) is 49.8 Å². The second kappa shape index (κ2) is 10.5. The Labute approximate surface area is 221 Å². The molecule has 0 unspecified atom stereocenters. The molecule has 16 heteroatoms. The average molecular weight is 567 g/mol. The summed E-state index contributed by atoms with van der Waals surface area (Å²) in [5.74, 6) is -3.55. The van der Waals surface area contributed by atoms with Gasteiger partial charge in [-0.25, -0.2) is 14.2 Å². The van der Waals surface area contributed by atoms with E-state index in [4.69, 9.17) is 4.42 Å². The number of anilines is 1. The van der Waals surface area contributed by atoms with E-state index in [1.54, 1.807) is 22.9 Å². The Balaban J connectivity index is 1.38. The molecule has 0 N–H and O–H groups in total. The molecule has 210 valence electrons. The Bertz CT molecular complexity index is 1550. The number of hydrogen-bond donors (Lipinski definition) is 0. The van der Waals surface area contributed by atoms with E-state index >= 15 is 0 Å². The van der Waals surface area contributed by atoms with Gasteiger partial charge >= 0.3 is 24.5 Å². The Morgan fingerprint density at radius 3 is 2.40 bits per heavy atom. The van der Waals surface area contributed by atoms with E-state index in [1.807, 2.05) is 0 Å². The zero-order valence-corrected chi connectivity index (χ0v) is 20.4. The van der Waals surface area contributed by atoms with Crippen molar-refractivity contribution in [3.05, 3.63) is 66.2 Å². The van der Waals surface area contributed by atoms with Crippen molar-refractivity contribution in [2.75, 3.05) is 31.1 Å². The van der Waals surface area contributed by atoms with Crippen LogP contribution in [0.4, 0.5) is 36.8 Å². The highest BCUT2D eigenvalue weighted by molar-refractivity contribution is 5.92. The Morgan fingerprint density at radius 2 is 1.75 bits per heavy atom. The third kappa shape index (κ3) is 5.55. The first-order valence-corrected chi connectivity index (χ1v) is 11.8. The van der Waals surface area contributed by atoms with Crippen molar-refractivity contribution in [3.8, 4) is 11.5 Å². The number of pyridine rings is 1. The van der Waals surface area contributed by atoms with Crippen LogP contribution < -0.4 is 4.90 Å². The summed E-state index contributed by atoms with van der Waals surface area (Å²) in [6.07, 6.45) is -4.78. The van der Waals surface area contributed by atoms with Crippen molar-refractivity contribution in [3.63, 3.8) is 0 Å². The highest BCUT2D eigenvalue weighted by atomic mass is 19.4. The van der Waals surface area contributed by atoms with Crippen molar-refractivity contribution < 1.29 is 40.3 Å². The minimum atomic E-state index is -5.02. The van der Waals surface area contributed by atoms with Crippen molar-refractivity contribution in [2.45, 2.75) is 19.1 Å². The van der Waals surface area contributed by atoms with Crippen LogP contribution in [0.2, 0.25) is 0 Å². The van der Waals surface area contributed by atoms with E-state index in [0.29, 0.717) is 21.8 Å². The maximum absolute atomic E-state index is 14.1. The molecule has 1 saturated heterocycles. The second-order valence-electron chi connectivity index (χ2n) is 8.78. The molecule has 1 aliphatic rings. The lowest BCUT2D eigenvalue weighted by atomic mass is 10.2. The maximum Gasteiger partial charge on any atom is 0.471 e. The summed E-state index contributed by atoms with van der Waals surface area (Å²) >= 11 is 0. The predicted octanol–water partition coefficient (Wildman–Crippen LogP) is 4.29. The minimum absolute atomic E-state index is 0.137. The molecular weight excluding hydrogens is 548 g/mol. The van der Waals surface area contributed by atoms with Crippen LogP contribution in [0.5, 0.6) is 0 Å². The van der Waals surface area contributed by atoms with E-state index < -0.39 is 36.2 Å². The number of aromatic nitrogens is 4. The first-order valence-electron chi connectivity index (χ1n) is 11.8. The average Bonchev–Trinajstić information content (AvgIpc) is 3.57. The van der Waals surface area contributed by atoms with Gasteiger partial charge in [-0.3, -0.25) is 9.69 Å². The SMILES string of the molecule is O=C(N1CCN(C(=O)C(F)(F)F)CC1)N(Cc1cn2ccc(-c3nnc(C(F)F)o3)cc2n1)c1cccc(F)c1. The number of benzene rings is 1. The van der Waals surface area contributed by atoms with Gasteiger partial charge in [0.1, 0.15) is 11.5 Å². The summed E-state index contributed by atoms with van der Waals surface area (Å²) in [6.45, 7) is -1.10. The molecule has 0 saturated carbocycles. The van der Waals surface area contributed by atoms with E-state index in [-0.39, 0.29) is 44.3 Å². The topological polar surface area (TPSA) is 100 Å². The van der Waals surface area contributed by atoms with Gasteiger partial charge in [0.05, 0.1) is 12.2 Å². The Kier molecular flexibility index (Phi) is 7.08. The van der Waals surface area contributed by atoms with Crippen LogP contribution in [-0.2, 0) is 11.3 Å². The van der Waals surface area contributed by atoms with Gasteiger partial charge in [-0.1, -0.05) is 6.07 Å². The number of carbonyl (C=O) groups is 2. The van der Waals surface area contributed by atoms with Crippen LogP contribution in [0.25, 0.3) is 17.1 Å². The largest absolute Gasteiger partial charge is 0.471 e. The van der Waals surface area contributed by atoms with Crippen LogP contribution in [0, 0.1) is 5.82 Å². The number of urea groups is 1. The van der Waals surface area contributed by atoms with Gasteiger partial charge in [-0.15, -0.1) is 10.2 Å². The standard InChI is InChI=1S/C24H19F6N7O3/c25-15-2-1-3-17(11-15)37(23(39)35-8-6-34(7-9-35)22(38)24(28,29)30)13-16-12-36-5-4-14(10-18(36)31-16)20-32-33-21(40-20)19(26)27/h1-5,10-12,19H,6-9,13H2. The van der Waals surface area contributed by atoms with E-state index in [1.165, 1.54) is 34.1 Å². The minimum Gasteiger partial charge on any atom is -0.415 e. The number of nitrogens with zero attached hydrogens (tertiary/aromatic N) is 7. The van der Waals surface area contributed by atoms with Gasteiger partial charge in [0.2, 0.25) is 5.89 Å². The highest BCUT2D eigenvalue weighted by Gasteiger charge is 2.43. The second-order valence-corrected chi connectivity index (χ2v) is 8.78. The van der Waals surface area contributed by atoms with E-state index in [2.05, 4.69) is 15.2 Å². The molecule has 4 aromatic rings. The number of halogens is 6. The van der Waals surface area contributed by atoms with Gasteiger partial charge in [0.25, 0.3) is 5.89 Å². The molecule has 40 heavy (non-hydrogen) atoms. The smallest absolute Gasteiger partial charge is 0.415 e. The van der Waals surface area contributed by atoms with Crippen molar-refractivity contribution in [1.82, 2.24) is 29.4 Å². The molecule has 4 heterocycles. The molecule has 5 rings (SSSR count). The predicted molar refractivity (Wildman–Crippen MR) is 126 cm³/mol. The Hall–Kier alpha value is -4.63. The van der Waals surface area contributed by atoms with Gasteiger partial charge in [-0.05, 0) is 30.3 Å². The molecule has 0 spiro atoms. The molecule has 0 bridgehead atoms. The van der Waals surface area contributed by atoms with Crippen LogP contribution in [0.1, 0.15) is 18.0 Å². The number of imidazole rings is 1. The lowest BCUT2D eigenvalue weighted by molar-refractivity contribution is -0.186. The van der Waals surface area contributed by atoms with Crippen LogP contribution in [-0.4, -0.2) is 73.7 Å². The molecule has 3 amide bonds. The molecule has 0 radical (unpaired) electrons. The van der Waals surface area contributed by atoms with Gasteiger partial charge < -0.3 is 18.6 Å². The molecule has 3 aromatic heterocycles. The first-order chi connectivity index (χ1) is 19.0. The zero-order chi connectivity index (χ0) is 28.6. The van der Waals surface area contributed by atoms with Gasteiger partial charge in [-0.2, -0.15) is 22.0 Å². The first kappa shape index (κ1) is 27.0. The number of amides is 3. The van der Waals surface area contributed by atoms with Crippen molar-refractivity contribution in [2.24, 2.45) is 0 Å². The van der Waals surface area contributed by atoms with Crippen molar-refractivity contribution in [1.29, 1.82) is 0 Å². The number of carbonyl (C=O) groups excluding carboxylic acids is 2. The summed E-state index contributed by atoms with van der Waals surface area (Å²) < 4.78 is 84.6. The third-order valence-electron chi connectivity index (χ3n) is 6.14. The fourth-order valence-electron chi connectivity index (χ4n) is 4.21. The van der Waals surface area contributed by atoms with Crippen molar-refractivity contribution >= 4 is 23.3 Å². The fraction of sp³-hybridized carbons (Fsp3) is 0.292. The molecular formula is C24H19F6N7O3. The Morgan fingerprint density at radius 1 is 1.02 bits per heavy atom. The molecule has 0 aliphatic carbocycles. The van der Waals surface area contributed by atoms with E-state index in [0.717, 1.165) is 6.07 Å². The fourth-order valence-corrected chi connectivity index (χ4v) is 4.21. The number of alkyl halides is 5. The van der Waals surface area contributed by atoms with Crippen LogP contribution in [0.3, 0.4) is 0 Å². The number of fused-ring (bicyclic) bond motifs is 1. The summed E-state index contributed by atoms with van der Waals surface area (Å²) in [5.41, 5.74) is 1.23. The quantitative estimate of drug-likeness (QED) is 0.334. The highest BCUT2D eigenvalue weighted by Crippen LogP contribution is 2.26. The lowest BCUT2D eigenvalue weighted by Crippen LogP contribution is -2.56. The monoisotopic (exact) mass is 567 g/mol.